The van der Waals surface area contributed by atoms with Crippen molar-refractivity contribution in [2.45, 2.75) is 79.3 Å². The number of allylic oxidation sites excluding steroid dienone is 1. The lowest BCUT2D eigenvalue weighted by atomic mass is 10.1. The fourth-order valence-corrected chi connectivity index (χ4v) is 4.54. The molecule has 2 unspecified atom stereocenters. The summed E-state index contributed by atoms with van der Waals surface area (Å²) in [7, 11) is 2.27. The summed E-state index contributed by atoms with van der Waals surface area (Å²) >= 11 is 0. The van der Waals surface area contributed by atoms with E-state index in [2.05, 4.69) is 72.6 Å². The SMILES string of the molecule is C=CC.CC.CCC1CCC(CC)N1C.Cc1cnn2ccc(-c3c[nH]c4ncccc34)cc12. The summed E-state index contributed by atoms with van der Waals surface area (Å²) in [4.78, 5) is 10.1. The number of likely N-dealkylation sites (tertiary alicyclic amines) is 1. The molecule has 4 aromatic rings. The van der Waals surface area contributed by atoms with E-state index < -0.39 is 0 Å². The maximum atomic E-state index is 4.32. The van der Waals surface area contributed by atoms with E-state index in [-0.39, 0.29) is 0 Å². The van der Waals surface area contributed by atoms with Gasteiger partial charge in [-0.3, -0.25) is 0 Å². The van der Waals surface area contributed by atoms with Gasteiger partial charge in [0.1, 0.15) is 5.65 Å². The van der Waals surface area contributed by atoms with Gasteiger partial charge in [0.25, 0.3) is 0 Å². The molecule has 5 heterocycles. The number of aromatic amines is 1. The zero-order valence-electron chi connectivity index (χ0n) is 22.2. The third-order valence-corrected chi connectivity index (χ3v) is 6.40. The Hall–Kier alpha value is -2.92. The zero-order chi connectivity index (χ0) is 25.1. The number of nitrogens with one attached hydrogen (secondary N) is 1. The number of H-pyrrole nitrogens is 1. The van der Waals surface area contributed by atoms with Gasteiger partial charge in [0.2, 0.25) is 0 Å². The van der Waals surface area contributed by atoms with Crippen molar-refractivity contribution in [1.29, 1.82) is 0 Å². The van der Waals surface area contributed by atoms with E-state index in [1.165, 1.54) is 42.4 Å². The summed E-state index contributed by atoms with van der Waals surface area (Å²) in [6, 6.07) is 10.0. The van der Waals surface area contributed by atoms with Gasteiger partial charge in [0.15, 0.2) is 0 Å². The summed E-state index contributed by atoms with van der Waals surface area (Å²) in [5, 5.41) is 5.44. The molecule has 0 radical (unpaired) electrons. The molecule has 0 bridgehead atoms. The van der Waals surface area contributed by atoms with Crippen LogP contribution in [0.25, 0.3) is 27.7 Å². The van der Waals surface area contributed by atoms with Crippen LogP contribution in [0.3, 0.4) is 0 Å². The summed E-state index contributed by atoms with van der Waals surface area (Å²) in [5.41, 5.74) is 5.58. The maximum Gasteiger partial charge on any atom is 0.137 e. The number of hydrogen-bond donors (Lipinski definition) is 1. The van der Waals surface area contributed by atoms with Crippen molar-refractivity contribution in [2.24, 2.45) is 0 Å². The quantitative estimate of drug-likeness (QED) is 0.318. The van der Waals surface area contributed by atoms with Gasteiger partial charge in [-0.2, -0.15) is 5.10 Å². The van der Waals surface area contributed by atoms with Gasteiger partial charge in [0, 0.05) is 41.6 Å². The molecule has 1 N–H and O–H groups in total. The Morgan fingerprint density at radius 1 is 1.15 bits per heavy atom. The molecule has 1 aliphatic rings. The van der Waals surface area contributed by atoms with E-state index in [1.807, 2.05) is 49.9 Å². The second-order valence-electron chi connectivity index (χ2n) is 8.45. The molecule has 0 spiro atoms. The molecule has 1 aliphatic heterocycles. The normalized spacial score (nSPS) is 17.3. The van der Waals surface area contributed by atoms with Crippen LogP contribution in [0.15, 0.2) is 61.7 Å². The first kappa shape index (κ1) is 27.3. The molecule has 0 aliphatic carbocycles. The third-order valence-electron chi connectivity index (χ3n) is 6.40. The number of aromatic nitrogens is 4. The number of pyridine rings is 2. The molecular weight excluding hydrogens is 418 g/mol. The summed E-state index contributed by atoms with van der Waals surface area (Å²) in [6.07, 6.45) is 14.9. The first-order valence-corrected chi connectivity index (χ1v) is 12.7. The van der Waals surface area contributed by atoms with Gasteiger partial charge in [-0.1, -0.05) is 33.8 Å². The summed E-state index contributed by atoms with van der Waals surface area (Å²) < 4.78 is 1.89. The first-order valence-electron chi connectivity index (χ1n) is 12.7. The fourth-order valence-electron chi connectivity index (χ4n) is 4.54. The summed E-state index contributed by atoms with van der Waals surface area (Å²) in [6.45, 7) is 15.9. The Labute approximate surface area is 205 Å². The van der Waals surface area contributed by atoms with Crippen LogP contribution in [0.4, 0.5) is 0 Å². The van der Waals surface area contributed by atoms with E-state index in [4.69, 9.17) is 0 Å². The average Bonchev–Trinajstić information content (AvgIpc) is 3.57. The molecule has 4 aromatic heterocycles. The maximum absolute atomic E-state index is 4.32. The minimum Gasteiger partial charge on any atom is -0.346 e. The van der Waals surface area contributed by atoms with E-state index in [0.717, 1.165) is 28.6 Å². The van der Waals surface area contributed by atoms with Crippen molar-refractivity contribution in [1.82, 2.24) is 24.5 Å². The standard InChI is InChI=1S/C15H12N4.C9H19N.C3H6.C2H6/c1-10-8-18-19-6-4-11(7-14(10)19)13-9-17-15-12(13)3-2-5-16-15;1-4-8-6-7-9(5-2)10(8)3;1-3-2;1-2/h2-9H,1H3,(H,16,17);8-9H,4-7H2,1-3H3;3H,1H2,2H3;1-2H3. The van der Waals surface area contributed by atoms with Gasteiger partial charge < -0.3 is 9.88 Å². The molecule has 0 aromatic carbocycles. The van der Waals surface area contributed by atoms with Gasteiger partial charge in [-0.25, -0.2) is 9.50 Å². The molecule has 1 saturated heterocycles. The largest absolute Gasteiger partial charge is 0.346 e. The van der Waals surface area contributed by atoms with Crippen molar-refractivity contribution in [3.05, 3.63) is 67.3 Å². The molecule has 5 heteroatoms. The van der Waals surface area contributed by atoms with Crippen LogP contribution in [0, 0.1) is 6.92 Å². The van der Waals surface area contributed by atoms with Crippen LogP contribution in [-0.4, -0.2) is 43.6 Å². The first-order chi connectivity index (χ1) is 16.5. The van der Waals surface area contributed by atoms with Crippen molar-refractivity contribution in [3.8, 4) is 11.1 Å². The van der Waals surface area contributed by atoms with Gasteiger partial charge in [-0.15, -0.1) is 6.58 Å². The highest BCUT2D eigenvalue weighted by Gasteiger charge is 2.27. The minimum atomic E-state index is 0.880. The molecule has 2 atom stereocenters. The lowest BCUT2D eigenvalue weighted by Gasteiger charge is -2.23. The second-order valence-corrected chi connectivity index (χ2v) is 8.45. The molecular formula is C29H43N5. The Kier molecular flexibility index (Phi) is 11.0. The lowest BCUT2D eigenvalue weighted by Crippen LogP contribution is -2.31. The highest BCUT2D eigenvalue weighted by Crippen LogP contribution is 2.29. The minimum absolute atomic E-state index is 0.880. The van der Waals surface area contributed by atoms with Gasteiger partial charge in [-0.05, 0) is 82.0 Å². The van der Waals surface area contributed by atoms with Crippen LogP contribution in [-0.2, 0) is 0 Å². The van der Waals surface area contributed by atoms with Crippen molar-refractivity contribution < 1.29 is 0 Å². The smallest absolute Gasteiger partial charge is 0.137 e. The molecule has 0 amide bonds. The fraction of sp³-hybridized carbons (Fsp3) is 0.448. The Morgan fingerprint density at radius 2 is 1.79 bits per heavy atom. The zero-order valence-corrected chi connectivity index (χ0v) is 22.2. The van der Waals surface area contributed by atoms with Crippen LogP contribution >= 0.6 is 0 Å². The van der Waals surface area contributed by atoms with Gasteiger partial charge in [0.05, 0.1) is 11.7 Å². The second kappa shape index (κ2) is 13.7. The van der Waals surface area contributed by atoms with Crippen LogP contribution in [0.1, 0.15) is 65.9 Å². The monoisotopic (exact) mass is 461 g/mol. The number of fused-ring (bicyclic) bond motifs is 2. The Morgan fingerprint density at radius 3 is 2.38 bits per heavy atom. The van der Waals surface area contributed by atoms with Gasteiger partial charge >= 0.3 is 0 Å². The van der Waals surface area contributed by atoms with Crippen molar-refractivity contribution in [2.75, 3.05) is 7.05 Å². The molecule has 5 rings (SSSR count). The number of aryl methyl sites for hydroxylation is 1. The molecule has 184 valence electrons. The Balaban J connectivity index is 0.000000231. The predicted octanol–water partition coefficient (Wildman–Crippen LogP) is 7.67. The van der Waals surface area contributed by atoms with Crippen molar-refractivity contribution in [3.63, 3.8) is 0 Å². The predicted molar refractivity (Wildman–Crippen MR) is 147 cm³/mol. The lowest BCUT2D eigenvalue weighted by molar-refractivity contribution is 0.231. The van der Waals surface area contributed by atoms with E-state index in [9.17, 15) is 0 Å². The Bertz CT molecular complexity index is 1130. The number of hydrogen-bond acceptors (Lipinski definition) is 3. The highest BCUT2D eigenvalue weighted by molar-refractivity contribution is 5.94. The molecule has 1 fully saturated rings. The van der Waals surface area contributed by atoms with Crippen molar-refractivity contribution >= 4 is 16.6 Å². The van der Waals surface area contributed by atoms with E-state index in [0.29, 0.717) is 0 Å². The topological polar surface area (TPSA) is 49.2 Å². The molecule has 34 heavy (non-hydrogen) atoms. The van der Waals surface area contributed by atoms with Crippen LogP contribution in [0.5, 0.6) is 0 Å². The molecule has 5 nitrogen and oxygen atoms in total. The van der Waals surface area contributed by atoms with E-state index >= 15 is 0 Å². The average molecular weight is 462 g/mol. The number of nitrogens with zero attached hydrogens (tertiary/aromatic N) is 4. The highest BCUT2D eigenvalue weighted by atomic mass is 15.2. The van der Waals surface area contributed by atoms with E-state index in [1.54, 1.807) is 12.3 Å². The third kappa shape index (κ3) is 6.35. The summed E-state index contributed by atoms with van der Waals surface area (Å²) in [5.74, 6) is 0. The number of rotatable bonds is 3. The molecule has 0 saturated carbocycles. The van der Waals surface area contributed by atoms with Crippen LogP contribution in [0.2, 0.25) is 0 Å². The van der Waals surface area contributed by atoms with Crippen LogP contribution < -0.4 is 0 Å².